The van der Waals surface area contributed by atoms with E-state index in [0.29, 0.717) is 24.2 Å². The van der Waals surface area contributed by atoms with Crippen molar-refractivity contribution in [3.63, 3.8) is 0 Å². The predicted molar refractivity (Wildman–Crippen MR) is 113 cm³/mol. The van der Waals surface area contributed by atoms with Crippen LogP contribution in [0.3, 0.4) is 0 Å². The van der Waals surface area contributed by atoms with Crippen molar-refractivity contribution >= 4 is 22.6 Å². The molecule has 0 N–H and O–H groups in total. The monoisotopic (exact) mass is 388 g/mol. The van der Waals surface area contributed by atoms with Crippen molar-refractivity contribution in [3.8, 4) is 5.75 Å². The molecule has 1 unspecified atom stereocenters. The topological polar surface area (TPSA) is 51.5 Å². The number of aryl methyl sites for hydroxylation is 1. The van der Waals surface area contributed by atoms with Gasteiger partial charge in [-0.25, -0.2) is 0 Å². The van der Waals surface area contributed by atoms with Crippen molar-refractivity contribution in [1.29, 1.82) is 0 Å². The number of carbonyl (C=O) groups is 2. The fourth-order valence-corrected chi connectivity index (χ4v) is 4.19. The summed E-state index contributed by atoms with van der Waals surface area (Å²) in [5, 5.41) is 0.840. The summed E-state index contributed by atoms with van der Waals surface area (Å²) < 4.78 is 7.08. The summed E-state index contributed by atoms with van der Waals surface area (Å²) in [6, 6.07) is 15.1. The lowest BCUT2D eigenvalue weighted by molar-refractivity contribution is 0.0649. The molecule has 0 bridgehead atoms. The summed E-state index contributed by atoms with van der Waals surface area (Å²) in [5.74, 6) is 0.659. The quantitative estimate of drug-likeness (QED) is 0.610. The molecule has 5 nitrogen and oxygen atoms in total. The lowest BCUT2D eigenvalue weighted by Crippen LogP contribution is -2.39. The van der Waals surface area contributed by atoms with E-state index in [1.54, 1.807) is 13.2 Å². The van der Waals surface area contributed by atoms with E-state index in [2.05, 4.69) is 6.58 Å². The summed E-state index contributed by atoms with van der Waals surface area (Å²) in [4.78, 5) is 28.7. The highest BCUT2D eigenvalue weighted by Crippen LogP contribution is 2.33. The normalized spacial score (nSPS) is 16.6. The molecule has 2 heterocycles. The zero-order chi connectivity index (χ0) is 20.5. The van der Waals surface area contributed by atoms with Gasteiger partial charge < -0.3 is 14.2 Å². The highest BCUT2D eigenvalue weighted by Gasteiger charge is 2.37. The summed E-state index contributed by atoms with van der Waals surface area (Å²) in [6.45, 7) is 4.26. The van der Waals surface area contributed by atoms with Gasteiger partial charge in [-0.3, -0.25) is 9.59 Å². The average Bonchev–Trinajstić information content (AvgIpc) is 2.99. The number of para-hydroxylation sites is 1. The Kier molecular flexibility index (Phi) is 4.97. The van der Waals surface area contributed by atoms with Crippen LogP contribution in [0.4, 0.5) is 0 Å². The van der Waals surface area contributed by atoms with Crippen LogP contribution in [0.1, 0.15) is 39.3 Å². The molecule has 0 fully saturated rings. The van der Waals surface area contributed by atoms with E-state index in [-0.39, 0.29) is 24.2 Å². The second kappa shape index (κ2) is 7.59. The lowest BCUT2D eigenvalue weighted by atomic mass is 10.0. The number of hydrogen-bond acceptors (Lipinski definition) is 3. The maximum absolute atomic E-state index is 13.7. The maximum atomic E-state index is 13.7. The summed E-state index contributed by atoms with van der Waals surface area (Å²) in [7, 11) is 3.48. The van der Waals surface area contributed by atoms with Crippen LogP contribution in [-0.4, -0.2) is 34.3 Å². The smallest absolute Gasteiger partial charge is 0.271 e. The SMILES string of the molecule is C=CCC1CC(=O)c2c(n(C)c3ccccc23)C(=O)N1Cc1ccc(OC)cc1. The van der Waals surface area contributed by atoms with Crippen molar-refractivity contribution < 1.29 is 14.3 Å². The summed E-state index contributed by atoms with van der Waals surface area (Å²) >= 11 is 0. The van der Waals surface area contributed by atoms with Gasteiger partial charge in [-0.05, 0) is 30.2 Å². The van der Waals surface area contributed by atoms with Crippen molar-refractivity contribution in [2.24, 2.45) is 7.05 Å². The van der Waals surface area contributed by atoms with Crippen LogP contribution in [0.15, 0.2) is 61.2 Å². The fraction of sp³-hybridized carbons (Fsp3) is 0.250. The number of fused-ring (bicyclic) bond motifs is 3. The van der Waals surface area contributed by atoms with E-state index in [1.807, 2.05) is 65.0 Å². The number of aromatic nitrogens is 1. The Bertz CT molecular complexity index is 1100. The molecule has 1 aliphatic rings. The molecule has 0 spiro atoms. The molecule has 5 heteroatoms. The van der Waals surface area contributed by atoms with E-state index < -0.39 is 0 Å². The number of amides is 1. The third-order valence-corrected chi connectivity index (χ3v) is 5.66. The molecular formula is C24H24N2O3. The van der Waals surface area contributed by atoms with Crippen LogP contribution in [0, 0.1) is 0 Å². The Morgan fingerprint density at radius 1 is 1.14 bits per heavy atom. The van der Waals surface area contributed by atoms with Gasteiger partial charge in [-0.15, -0.1) is 6.58 Å². The van der Waals surface area contributed by atoms with Crippen LogP contribution < -0.4 is 4.74 Å². The van der Waals surface area contributed by atoms with Crippen LogP contribution in [0.5, 0.6) is 5.75 Å². The third kappa shape index (κ3) is 3.23. The number of benzene rings is 2. The highest BCUT2D eigenvalue weighted by molar-refractivity contribution is 6.17. The van der Waals surface area contributed by atoms with E-state index in [0.717, 1.165) is 22.2 Å². The average molecular weight is 388 g/mol. The molecule has 0 radical (unpaired) electrons. The summed E-state index contributed by atoms with van der Waals surface area (Å²) in [5.41, 5.74) is 2.89. The largest absolute Gasteiger partial charge is 0.497 e. The minimum Gasteiger partial charge on any atom is -0.497 e. The van der Waals surface area contributed by atoms with Gasteiger partial charge in [0.15, 0.2) is 5.78 Å². The Hall–Kier alpha value is -3.34. The number of methoxy groups -OCH3 is 1. The van der Waals surface area contributed by atoms with Gasteiger partial charge in [-0.1, -0.05) is 36.4 Å². The first kappa shape index (κ1) is 19.0. The zero-order valence-electron chi connectivity index (χ0n) is 16.7. The van der Waals surface area contributed by atoms with E-state index in [1.165, 1.54) is 0 Å². The number of carbonyl (C=O) groups excluding carboxylic acids is 2. The Labute approximate surface area is 170 Å². The van der Waals surface area contributed by atoms with Gasteiger partial charge in [0.05, 0.1) is 12.7 Å². The molecule has 29 heavy (non-hydrogen) atoms. The second-order valence-electron chi connectivity index (χ2n) is 7.39. The summed E-state index contributed by atoms with van der Waals surface area (Å²) in [6.07, 6.45) is 2.63. The first-order valence-electron chi connectivity index (χ1n) is 9.70. The number of ketones is 1. The van der Waals surface area contributed by atoms with E-state index in [4.69, 9.17) is 4.74 Å². The van der Waals surface area contributed by atoms with E-state index >= 15 is 0 Å². The maximum Gasteiger partial charge on any atom is 0.271 e. The molecule has 0 aliphatic carbocycles. The molecule has 2 aromatic carbocycles. The standard InChI is InChI=1S/C24H24N2O3/c1-4-7-17-14-21(27)22-19-8-5-6-9-20(19)25(2)23(22)24(28)26(17)15-16-10-12-18(29-3)13-11-16/h4-6,8-13,17H,1,7,14-15H2,2-3H3. The van der Waals surface area contributed by atoms with Gasteiger partial charge >= 0.3 is 0 Å². The molecule has 4 rings (SSSR count). The second-order valence-corrected chi connectivity index (χ2v) is 7.39. The zero-order valence-corrected chi connectivity index (χ0v) is 16.7. The minimum atomic E-state index is -0.222. The molecule has 1 aromatic heterocycles. The fourth-order valence-electron chi connectivity index (χ4n) is 4.19. The van der Waals surface area contributed by atoms with Crippen LogP contribution >= 0.6 is 0 Å². The number of Topliss-reactive ketones (excluding diaryl/α,β-unsaturated/α-hetero) is 1. The lowest BCUT2D eigenvalue weighted by Gasteiger charge is -2.29. The molecule has 148 valence electrons. The molecule has 0 saturated carbocycles. The predicted octanol–water partition coefficient (Wildman–Crippen LogP) is 4.36. The van der Waals surface area contributed by atoms with Crippen molar-refractivity contribution in [1.82, 2.24) is 9.47 Å². The highest BCUT2D eigenvalue weighted by atomic mass is 16.5. The molecule has 1 aliphatic heterocycles. The van der Waals surface area contributed by atoms with Crippen molar-refractivity contribution in [3.05, 3.63) is 78.0 Å². The number of ether oxygens (including phenoxy) is 1. The first-order valence-corrected chi connectivity index (χ1v) is 9.70. The molecule has 1 atom stereocenters. The van der Waals surface area contributed by atoms with Crippen LogP contribution in [-0.2, 0) is 13.6 Å². The van der Waals surface area contributed by atoms with Crippen LogP contribution in [0.2, 0.25) is 0 Å². The Morgan fingerprint density at radius 3 is 2.55 bits per heavy atom. The van der Waals surface area contributed by atoms with Gasteiger partial charge in [0.2, 0.25) is 0 Å². The number of rotatable bonds is 5. The van der Waals surface area contributed by atoms with Gasteiger partial charge in [0.1, 0.15) is 11.4 Å². The van der Waals surface area contributed by atoms with Crippen molar-refractivity contribution in [2.45, 2.75) is 25.4 Å². The third-order valence-electron chi connectivity index (χ3n) is 5.66. The molecule has 0 saturated heterocycles. The minimum absolute atomic E-state index is 0.00855. The Morgan fingerprint density at radius 2 is 1.86 bits per heavy atom. The van der Waals surface area contributed by atoms with Crippen molar-refractivity contribution in [2.75, 3.05) is 7.11 Å². The number of hydrogen-bond donors (Lipinski definition) is 0. The van der Waals surface area contributed by atoms with Gasteiger partial charge in [-0.2, -0.15) is 0 Å². The first-order chi connectivity index (χ1) is 14.0. The van der Waals surface area contributed by atoms with Crippen LogP contribution in [0.25, 0.3) is 10.9 Å². The van der Waals surface area contributed by atoms with Gasteiger partial charge in [0.25, 0.3) is 5.91 Å². The molecular weight excluding hydrogens is 364 g/mol. The number of nitrogens with zero attached hydrogens (tertiary/aromatic N) is 2. The Balaban J connectivity index is 1.81. The van der Waals surface area contributed by atoms with Gasteiger partial charge in [0, 0.05) is 37.0 Å². The molecule has 3 aromatic rings. The molecule has 1 amide bonds. The van der Waals surface area contributed by atoms with E-state index in [9.17, 15) is 9.59 Å².